The van der Waals surface area contributed by atoms with Gasteiger partial charge in [-0.1, -0.05) is 27.7 Å². The van der Waals surface area contributed by atoms with Crippen LogP contribution in [0.2, 0.25) is 0 Å². The molecule has 7 heteroatoms. The predicted octanol–water partition coefficient (Wildman–Crippen LogP) is 1.43. The zero-order chi connectivity index (χ0) is 15.1. The molecule has 5 nitrogen and oxygen atoms in total. The van der Waals surface area contributed by atoms with E-state index in [9.17, 15) is 9.90 Å². The van der Waals surface area contributed by atoms with Gasteiger partial charge in [-0.15, -0.1) is 24.8 Å². The summed E-state index contributed by atoms with van der Waals surface area (Å²) >= 11 is 0. The van der Waals surface area contributed by atoms with Gasteiger partial charge >= 0.3 is 0 Å². The lowest BCUT2D eigenvalue weighted by molar-refractivity contribution is -0.123. The number of β-amino-alcohol motifs (C(OH)–C–C–N with tert-alkyl or cyclic N) is 1. The van der Waals surface area contributed by atoms with E-state index < -0.39 is 0 Å². The van der Waals surface area contributed by atoms with Crippen LogP contribution < -0.4 is 10.6 Å². The summed E-state index contributed by atoms with van der Waals surface area (Å²) in [5.41, 5.74) is 0. The Morgan fingerprint density at radius 3 is 2.32 bits per heavy atom. The Balaban J connectivity index is 0. The van der Waals surface area contributed by atoms with Crippen LogP contribution in [0.1, 0.15) is 40.5 Å². The molecule has 3 unspecified atom stereocenters. The first-order valence-electron chi connectivity index (χ1n) is 7.91. The van der Waals surface area contributed by atoms with E-state index in [1.54, 1.807) is 0 Å². The number of nitrogens with one attached hydrogen (secondary N) is 2. The quantitative estimate of drug-likeness (QED) is 0.614. The van der Waals surface area contributed by atoms with Crippen molar-refractivity contribution in [2.75, 3.05) is 26.2 Å². The molecule has 1 saturated heterocycles. The molecule has 0 aromatic carbocycles. The summed E-state index contributed by atoms with van der Waals surface area (Å²) in [6.07, 6.45) is 1.22. The zero-order valence-corrected chi connectivity index (χ0v) is 15.8. The average Bonchev–Trinajstić information content (AvgIpc) is 2.83. The lowest BCUT2D eigenvalue weighted by atomic mass is 10.0. The second-order valence-electron chi connectivity index (χ2n) is 6.10. The average molecular weight is 358 g/mol. The van der Waals surface area contributed by atoms with Crippen molar-refractivity contribution in [1.29, 1.82) is 0 Å². The molecule has 22 heavy (non-hydrogen) atoms. The number of rotatable bonds is 8. The van der Waals surface area contributed by atoms with Crippen molar-refractivity contribution in [2.24, 2.45) is 5.92 Å². The maximum absolute atomic E-state index is 12.1. The number of carbonyl (C=O) groups excluding carboxylic acids is 1. The molecule has 1 amide bonds. The Bertz CT molecular complexity index is 303. The summed E-state index contributed by atoms with van der Waals surface area (Å²) in [6, 6.07) is 0.154. The van der Waals surface area contributed by atoms with E-state index >= 15 is 0 Å². The van der Waals surface area contributed by atoms with Gasteiger partial charge in [-0.05, 0) is 31.8 Å². The summed E-state index contributed by atoms with van der Waals surface area (Å²) in [4.78, 5) is 14.5. The lowest BCUT2D eigenvalue weighted by Crippen LogP contribution is -2.48. The van der Waals surface area contributed by atoms with Crippen LogP contribution in [0.25, 0.3) is 0 Å². The minimum absolute atomic E-state index is 0. The van der Waals surface area contributed by atoms with Crippen LogP contribution in [0.4, 0.5) is 0 Å². The van der Waals surface area contributed by atoms with Gasteiger partial charge in [0.2, 0.25) is 5.91 Å². The molecule has 1 aliphatic heterocycles. The number of nitrogens with zero attached hydrogens (tertiary/aromatic N) is 1. The number of amides is 1. The third kappa shape index (κ3) is 7.97. The fourth-order valence-corrected chi connectivity index (χ4v) is 2.90. The van der Waals surface area contributed by atoms with Gasteiger partial charge in [0.25, 0.3) is 0 Å². The number of hydrogen-bond acceptors (Lipinski definition) is 4. The van der Waals surface area contributed by atoms with E-state index in [0.717, 1.165) is 19.5 Å². The van der Waals surface area contributed by atoms with E-state index in [1.807, 2.05) is 0 Å². The maximum Gasteiger partial charge on any atom is 0.237 e. The van der Waals surface area contributed by atoms with Crippen molar-refractivity contribution in [1.82, 2.24) is 15.5 Å². The van der Waals surface area contributed by atoms with Crippen molar-refractivity contribution in [3.63, 3.8) is 0 Å². The molecular formula is C15H33Cl2N3O2. The second-order valence-corrected chi connectivity index (χ2v) is 6.10. The van der Waals surface area contributed by atoms with Gasteiger partial charge in [-0.25, -0.2) is 0 Å². The summed E-state index contributed by atoms with van der Waals surface area (Å²) in [5, 5.41) is 15.6. The van der Waals surface area contributed by atoms with Crippen LogP contribution in [-0.2, 0) is 4.79 Å². The molecule has 3 N–H and O–H groups in total. The first-order chi connectivity index (χ1) is 9.47. The van der Waals surface area contributed by atoms with Gasteiger partial charge in [0.05, 0.1) is 12.1 Å². The first-order valence-corrected chi connectivity index (χ1v) is 7.91. The first kappa shape index (κ1) is 24.2. The highest BCUT2D eigenvalue weighted by Gasteiger charge is 2.28. The molecule has 0 bridgehead atoms. The molecule has 0 aliphatic carbocycles. The molecule has 0 spiro atoms. The van der Waals surface area contributed by atoms with Crippen LogP contribution in [0, 0.1) is 5.92 Å². The number of halogens is 2. The molecule has 0 radical (unpaired) electrons. The SMILES string of the molecule is CCN(CC)C(CNC(=O)C1CC(O)CN1)CC(C)C.Cl.Cl. The number of likely N-dealkylation sites (N-methyl/N-ethyl adjacent to an activating group) is 1. The molecule has 1 heterocycles. The zero-order valence-electron chi connectivity index (χ0n) is 14.2. The topological polar surface area (TPSA) is 64.6 Å². The van der Waals surface area contributed by atoms with Gasteiger partial charge < -0.3 is 15.7 Å². The molecule has 0 saturated carbocycles. The highest BCUT2D eigenvalue weighted by molar-refractivity contribution is 5.85. The van der Waals surface area contributed by atoms with Gasteiger partial charge in [-0.3, -0.25) is 9.69 Å². The fraction of sp³-hybridized carbons (Fsp3) is 0.933. The lowest BCUT2D eigenvalue weighted by Gasteiger charge is -2.31. The molecule has 1 fully saturated rings. The Morgan fingerprint density at radius 1 is 1.32 bits per heavy atom. The number of aliphatic hydroxyl groups is 1. The Hall–Kier alpha value is -0.0700. The van der Waals surface area contributed by atoms with E-state index in [-0.39, 0.29) is 42.9 Å². The number of aliphatic hydroxyl groups excluding tert-OH is 1. The minimum Gasteiger partial charge on any atom is -0.392 e. The molecule has 3 atom stereocenters. The maximum atomic E-state index is 12.1. The summed E-state index contributed by atoms with van der Waals surface area (Å²) < 4.78 is 0. The Morgan fingerprint density at radius 2 is 1.91 bits per heavy atom. The fourth-order valence-electron chi connectivity index (χ4n) is 2.90. The van der Waals surface area contributed by atoms with Gasteiger partial charge in [-0.2, -0.15) is 0 Å². The van der Waals surface area contributed by atoms with E-state index in [1.165, 1.54) is 0 Å². The molecule has 0 aromatic heterocycles. The highest BCUT2D eigenvalue weighted by atomic mass is 35.5. The summed E-state index contributed by atoms with van der Waals surface area (Å²) in [7, 11) is 0. The summed E-state index contributed by atoms with van der Waals surface area (Å²) in [5.74, 6) is 0.631. The smallest absolute Gasteiger partial charge is 0.237 e. The van der Waals surface area contributed by atoms with E-state index in [0.29, 0.717) is 31.5 Å². The van der Waals surface area contributed by atoms with Crippen LogP contribution in [0.5, 0.6) is 0 Å². The molecular weight excluding hydrogens is 325 g/mol. The van der Waals surface area contributed by atoms with Crippen LogP contribution in [-0.4, -0.2) is 60.3 Å². The second kappa shape index (κ2) is 12.4. The van der Waals surface area contributed by atoms with E-state index in [2.05, 4.69) is 43.2 Å². The normalized spacial score (nSPS) is 22.1. The van der Waals surface area contributed by atoms with Gasteiger partial charge in [0.1, 0.15) is 0 Å². The highest BCUT2D eigenvalue weighted by Crippen LogP contribution is 2.11. The van der Waals surface area contributed by atoms with Crippen molar-refractivity contribution in [3.05, 3.63) is 0 Å². The summed E-state index contributed by atoms with van der Waals surface area (Å²) in [6.45, 7) is 12.0. The number of carbonyl (C=O) groups is 1. The van der Waals surface area contributed by atoms with Crippen LogP contribution >= 0.6 is 24.8 Å². The van der Waals surface area contributed by atoms with E-state index in [4.69, 9.17) is 0 Å². The standard InChI is InChI=1S/C15H31N3O2.2ClH/c1-5-18(6-2)12(7-11(3)4)9-17-15(20)14-8-13(19)10-16-14;;/h11-14,16,19H,5-10H2,1-4H3,(H,17,20);2*1H. The van der Waals surface area contributed by atoms with Crippen LogP contribution in [0.3, 0.4) is 0 Å². The third-order valence-corrected chi connectivity index (χ3v) is 4.01. The van der Waals surface area contributed by atoms with Crippen molar-refractivity contribution < 1.29 is 9.90 Å². The molecule has 0 aromatic rings. The van der Waals surface area contributed by atoms with Gasteiger partial charge in [0, 0.05) is 19.1 Å². The molecule has 134 valence electrons. The van der Waals surface area contributed by atoms with Crippen molar-refractivity contribution >= 4 is 30.7 Å². The van der Waals surface area contributed by atoms with Crippen molar-refractivity contribution in [3.8, 4) is 0 Å². The Labute approximate surface area is 147 Å². The van der Waals surface area contributed by atoms with Crippen LogP contribution in [0.15, 0.2) is 0 Å². The third-order valence-electron chi connectivity index (χ3n) is 4.01. The van der Waals surface area contributed by atoms with Gasteiger partial charge in [0.15, 0.2) is 0 Å². The largest absolute Gasteiger partial charge is 0.392 e. The predicted molar refractivity (Wildman–Crippen MR) is 96.1 cm³/mol. The monoisotopic (exact) mass is 357 g/mol. The molecule has 1 aliphatic rings. The molecule has 1 rings (SSSR count). The minimum atomic E-state index is -0.389. The van der Waals surface area contributed by atoms with Crippen molar-refractivity contribution in [2.45, 2.75) is 58.7 Å². The Kier molecular flexibility index (Phi) is 13.6. The number of hydrogen-bond donors (Lipinski definition) is 3.